The Morgan fingerprint density at radius 2 is 2.07 bits per heavy atom. The average molecular weight is 230 g/mol. The number of aromatic amines is 1. The van der Waals surface area contributed by atoms with E-state index in [1.165, 1.54) is 6.07 Å². The van der Waals surface area contributed by atoms with Crippen molar-refractivity contribution in [1.29, 1.82) is 0 Å². The van der Waals surface area contributed by atoms with Crippen molar-refractivity contribution in [3.8, 4) is 0 Å². The molecule has 84 valence electrons. The maximum absolute atomic E-state index is 11.2. The molecule has 0 fully saturated rings. The van der Waals surface area contributed by atoms with Crippen LogP contribution < -0.4 is 5.56 Å². The minimum Gasteiger partial charge on any atom is -0.310 e. The van der Waals surface area contributed by atoms with Gasteiger partial charge in [-0.3, -0.25) is 4.79 Å². The smallest absolute Gasteiger partial charge is 0.251 e. The number of sulfone groups is 1. The summed E-state index contributed by atoms with van der Waals surface area (Å²) in [6, 6.07) is 1.39. The van der Waals surface area contributed by atoms with Gasteiger partial charge in [0.05, 0.1) is 5.69 Å². The maximum Gasteiger partial charge on any atom is 0.251 e. The van der Waals surface area contributed by atoms with Crippen LogP contribution in [0.15, 0.2) is 10.9 Å². The molecule has 0 atom stereocenters. The molecule has 0 saturated heterocycles. The first-order valence-electron chi connectivity index (χ1n) is 4.56. The SMILES string of the molecule is CC(C)c1cc(=O)[nH]c(CS(C)(=O)=O)n1. The van der Waals surface area contributed by atoms with Gasteiger partial charge < -0.3 is 4.98 Å². The average Bonchev–Trinajstić information content (AvgIpc) is 1.99. The number of rotatable bonds is 3. The number of hydrogen-bond donors (Lipinski definition) is 1. The molecular formula is C9H14N2O3S. The molecule has 0 spiro atoms. The van der Waals surface area contributed by atoms with Gasteiger partial charge in [0.15, 0.2) is 9.84 Å². The van der Waals surface area contributed by atoms with Crippen molar-refractivity contribution >= 4 is 9.84 Å². The van der Waals surface area contributed by atoms with Crippen molar-refractivity contribution in [2.45, 2.75) is 25.5 Å². The fraction of sp³-hybridized carbons (Fsp3) is 0.556. The molecule has 0 unspecified atom stereocenters. The Kier molecular flexibility index (Phi) is 3.28. The predicted molar refractivity (Wildman–Crippen MR) is 57.5 cm³/mol. The van der Waals surface area contributed by atoms with Gasteiger partial charge in [-0.05, 0) is 5.92 Å². The zero-order chi connectivity index (χ0) is 11.6. The van der Waals surface area contributed by atoms with Crippen LogP contribution in [0.1, 0.15) is 31.3 Å². The molecule has 0 saturated carbocycles. The van der Waals surface area contributed by atoms with Crippen LogP contribution in [0.2, 0.25) is 0 Å². The van der Waals surface area contributed by atoms with Crippen molar-refractivity contribution in [1.82, 2.24) is 9.97 Å². The minimum atomic E-state index is -3.17. The van der Waals surface area contributed by atoms with Gasteiger partial charge in [-0.15, -0.1) is 0 Å². The lowest BCUT2D eigenvalue weighted by molar-refractivity contribution is 0.599. The fourth-order valence-corrected chi connectivity index (χ4v) is 1.77. The van der Waals surface area contributed by atoms with Gasteiger partial charge in [0.1, 0.15) is 11.6 Å². The summed E-state index contributed by atoms with van der Waals surface area (Å²) in [4.78, 5) is 17.7. The largest absolute Gasteiger partial charge is 0.310 e. The number of hydrogen-bond acceptors (Lipinski definition) is 4. The Bertz CT molecular complexity index is 502. The molecule has 1 aromatic rings. The summed E-state index contributed by atoms with van der Waals surface area (Å²) in [5.74, 6) is 0.0716. The third kappa shape index (κ3) is 3.83. The second-order valence-electron chi connectivity index (χ2n) is 3.84. The molecule has 0 aromatic carbocycles. The van der Waals surface area contributed by atoms with Crippen LogP contribution in [-0.2, 0) is 15.6 Å². The molecular weight excluding hydrogens is 216 g/mol. The molecule has 0 amide bonds. The van der Waals surface area contributed by atoms with E-state index in [-0.39, 0.29) is 23.1 Å². The Hall–Kier alpha value is -1.17. The van der Waals surface area contributed by atoms with Gasteiger partial charge >= 0.3 is 0 Å². The Morgan fingerprint density at radius 1 is 1.47 bits per heavy atom. The Labute approximate surface area is 88.5 Å². The third-order valence-electron chi connectivity index (χ3n) is 1.80. The third-order valence-corrected chi connectivity index (χ3v) is 2.60. The Balaban J connectivity index is 3.16. The van der Waals surface area contributed by atoms with E-state index in [9.17, 15) is 13.2 Å². The quantitative estimate of drug-likeness (QED) is 0.817. The summed E-state index contributed by atoms with van der Waals surface area (Å²) in [6.45, 7) is 3.79. The van der Waals surface area contributed by atoms with Gasteiger partial charge in [-0.25, -0.2) is 13.4 Å². The van der Waals surface area contributed by atoms with E-state index in [2.05, 4.69) is 9.97 Å². The van der Waals surface area contributed by atoms with Gasteiger partial charge in [0, 0.05) is 12.3 Å². The van der Waals surface area contributed by atoms with Gasteiger partial charge in [-0.1, -0.05) is 13.8 Å². The van der Waals surface area contributed by atoms with Crippen molar-refractivity contribution in [2.75, 3.05) is 6.26 Å². The summed E-state index contributed by atoms with van der Waals surface area (Å²) in [7, 11) is -3.17. The number of nitrogens with zero attached hydrogens (tertiary/aromatic N) is 1. The van der Waals surface area contributed by atoms with Crippen molar-refractivity contribution in [2.24, 2.45) is 0 Å². The number of H-pyrrole nitrogens is 1. The molecule has 15 heavy (non-hydrogen) atoms. The zero-order valence-corrected chi connectivity index (χ0v) is 9.76. The van der Waals surface area contributed by atoms with Crippen LogP contribution in [0.5, 0.6) is 0 Å². The van der Waals surface area contributed by atoms with Crippen LogP contribution in [0.25, 0.3) is 0 Å². The lowest BCUT2D eigenvalue weighted by atomic mass is 10.1. The van der Waals surface area contributed by atoms with Crippen molar-refractivity contribution in [3.63, 3.8) is 0 Å². The first-order valence-corrected chi connectivity index (χ1v) is 6.62. The summed E-state index contributed by atoms with van der Waals surface area (Å²) in [6.07, 6.45) is 1.11. The lowest BCUT2D eigenvalue weighted by Crippen LogP contribution is -2.16. The molecule has 1 heterocycles. The van der Waals surface area contributed by atoms with E-state index in [1.807, 2.05) is 13.8 Å². The summed E-state index contributed by atoms with van der Waals surface area (Å²) in [5, 5.41) is 0. The summed E-state index contributed by atoms with van der Waals surface area (Å²) in [5.41, 5.74) is 0.296. The molecule has 0 bridgehead atoms. The van der Waals surface area contributed by atoms with Crippen molar-refractivity contribution < 1.29 is 8.42 Å². The van der Waals surface area contributed by atoms with Crippen LogP contribution in [0.3, 0.4) is 0 Å². The topological polar surface area (TPSA) is 79.9 Å². The van der Waals surface area contributed by atoms with E-state index in [4.69, 9.17) is 0 Å². The highest BCUT2D eigenvalue weighted by Crippen LogP contribution is 2.09. The lowest BCUT2D eigenvalue weighted by Gasteiger charge is -2.05. The monoisotopic (exact) mass is 230 g/mol. The highest BCUT2D eigenvalue weighted by atomic mass is 32.2. The van der Waals surface area contributed by atoms with Gasteiger partial charge in [0.25, 0.3) is 5.56 Å². The Morgan fingerprint density at radius 3 is 2.53 bits per heavy atom. The van der Waals surface area contributed by atoms with E-state index < -0.39 is 9.84 Å². The number of aromatic nitrogens is 2. The van der Waals surface area contributed by atoms with Crippen LogP contribution in [0.4, 0.5) is 0 Å². The molecule has 1 rings (SSSR count). The maximum atomic E-state index is 11.2. The second-order valence-corrected chi connectivity index (χ2v) is 5.98. The highest BCUT2D eigenvalue weighted by molar-refractivity contribution is 7.89. The second kappa shape index (κ2) is 4.14. The van der Waals surface area contributed by atoms with E-state index in [0.29, 0.717) is 5.69 Å². The molecule has 0 aliphatic carbocycles. The molecule has 1 N–H and O–H groups in total. The predicted octanol–water partition coefficient (Wildman–Crippen LogP) is 0.438. The standard InChI is InChI=1S/C9H14N2O3S/c1-6(2)7-4-9(12)11-8(10-7)5-15(3,13)14/h4,6H,5H2,1-3H3,(H,10,11,12). The van der Waals surface area contributed by atoms with Crippen LogP contribution in [-0.4, -0.2) is 24.6 Å². The van der Waals surface area contributed by atoms with Crippen molar-refractivity contribution in [3.05, 3.63) is 27.9 Å². The first-order chi connectivity index (χ1) is 6.78. The fourth-order valence-electron chi connectivity index (χ4n) is 1.14. The normalized spacial score (nSPS) is 12.0. The van der Waals surface area contributed by atoms with E-state index in [0.717, 1.165) is 6.26 Å². The summed E-state index contributed by atoms with van der Waals surface area (Å²) < 4.78 is 22.1. The van der Waals surface area contributed by atoms with Crippen LogP contribution >= 0.6 is 0 Å². The van der Waals surface area contributed by atoms with E-state index in [1.54, 1.807) is 0 Å². The molecule has 0 aliphatic rings. The first kappa shape index (κ1) is 11.9. The van der Waals surface area contributed by atoms with E-state index >= 15 is 0 Å². The minimum absolute atomic E-state index is 0.102. The molecule has 0 aliphatic heterocycles. The number of nitrogens with one attached hydrogen (secondary N) is 1. The highest BCUT2D eigenvalue weighted by Gasteiger charge is 2.09. The molecule has 0 radical (unpaired) electrons. The van der Waals surface area contributed by atoms with Crippen LogP contribution in [0, 0.1) is 0 Å². The molecule has 1 aromatic heterocycles. The van der Waals surface area contributed by atoms with Gasteiger partial charge in [0.2, 0.25) is 0 Å². The molecule has 5 nitrogen and oxygen atoms in total. The zero-order valence-electron chi connectivity index (χ0n) is 8.94. The molecule has 6 heteroatoms. The summed E-state index contributed by atoms with van der Waals surface area (Å²) >= 11 is 0. The van der Waals surface area contributed by atoms with Gasteiger partial charge in [-0.2, -0.15) is 0 Å².